The van der Waals surface area contributed by atoms with E-state index >= 15 is 0 Å². The lowest BCUT2D eigenvalue weighted by Gasteiger charge is -2.07. The Kier molecular flexibility index (Phi) is 7.07. The Hall–Kier alpha value is -1.35. The van der Waals surface area contributed by atoms with E-state index in [9.17, 15) is 4.79 Å². The molecule has 3 nitrogen and oxygen atoms in total. The lowest BCUT2D eigenvalue weighted by molar-refractivity contribution is 0.0973. The molecule has 0 radical (unpaired) electrons. The summed E-state index contributed by atoms with van der Waals surface area (Å²) >= 11 is 0. The molecule has 3 heteroatoms. The van der Waals surface area contributed by atoms with Gasteiger partial charge in [-0.05, 0) is 30.7 Å². The van der Waals surface area contributed by atoms with Gasteiger partial charge in [0, 0.05) is 12.2 Å². The molecule has 0 aliphatic carbocycles. The van der Waals surface area contributed by atoms with Crippen molar-refractivity contribution in [2.45, 2.75) is 26.2 Å². The molecule has 0 spiro atoms. The Labute approximate surface area is 103 Å². The number of hydrogen-bond acceptors (Lipinski definition) is 3. The van der Waals surface area contributed by atoms with Gasteiger partial charge in [-0.2, -0.15) is 0 Å². The fourth-order valence-corrected chi connectivity index (χ4v) is 1.42. The van der Waals surface area contributed by atoms with Gasteiger partial charge in [-0.15, -0.1) is 0 Å². The van der Waals surface area contributed by atoms with Crippen LogP contribution in [-0.2, 0) is 4.74 Å². The Balaban J connectivity index is 2.07. The SMILES string of the molecule is CCCCCOCCOc1ccc(C=O)cc1. The molecular formula is C14H20O3. The normalized spacial score (nSPS) is 10.2. The van der Waals surface area contributed by atoms with Gasteiger partial charge < -0.3 is 9.47 Å². The Morgan fingerprint density at radius 2 is 1.82 bits per heavy atom. The summed E-state index contributed by atoms with van der Waals surface area (Å²) in [5.41, 5.74) is 0.660. The van der Waals surface area contributed by atoms with E-state index in [4.69, 9.17) is 9.47 Å². The average molecular weight is 236 g/mol. The summed E-state index contributed by atoms with van der Waals surface area (Å²) < 4.78 is 10.9. The maximum absolute atomic E-state index is 10.4. The van der Waals surface area contributed by atoms with E-state index in [0.29, 0.717) is 18.8 Å². The van der Waals surface area contributed by atoms with Gasteiger partial charge in [0.2, 0.25) is 0 Å². The monoisotopic (exact) mass is 236 g/mol. The molecular weight excluding hydrogens is 216 g/mol. The van der Waals surface area contributed by atoms with Gasteiger partial charge in [-0.1, -0.05) is 19.8 Å². The highest BCUT2D eigenvalue weighted by atomic mass is 16.5. The molecule has 0 aliphatic heterocycles. The van der Waals surface area contributed by atoms with Crippen LogP contribution in [0.3, 0.4) is 0 Å². The Bertz CT molecular complexity index is 306. The first-order chi connectivity index (χ1) is 8.36. The van der Waals surface area contributed by atoms with Crippen molar-refractivity contribution in [1.82, 2.24) is 0 Å². The zero-order chi connectivity index (χ0) is 12.3. The third kappa shape index (κ3) is 6.07. The van der Waals surface area contributed by atoms with Crippen molar-refractivity contribution < 1.29 is 14.3 Å². The molecule has 94 valence electrons. The van der Waals surface area contributed by atoms with Crippen molar-refractivity contribution in [2.75, 3.05) is 19.8 Å². The topological polar surface area (TPSA) is 35.5 Å². The van der Waals surface area contributed by atoms with Crippen LogP contribution in [0.15, 0.2) is 24.3 Å². The lowest BCUT2D eigenvalue weighted by atomic mass is 10.2. The highest BCUT2D eigenvalue weighted by Gasteiger charge is 1.94. The molecule has 0 saturated heterocycles. The van der Waals surface area contributed by atoms with Gasteiger partial charge in [0.15, 0.2) is 0 Å². The average Bonchev–Trinajstić information content (AvgIpc) is 2.38. The molecule has 0 aromatic heterocycles. The summed E-state index contributed by atoms with van der Waals surface area (Å²) in [5.74, 6) is 0.771. The van der Waals surface area contributed by atoms with Gasteiger partial charge in [0.1, 0.15) is 18.6 Å². The summed E-state index contributed by atoms with van der Waals surface area (Å²) in [6.07, 6.45) is 4.36. The third-order valence-corrected chi connectivity index (χ3v) is 2.40. The van der Waals surface area contributed by atoms with Gasteiger partial charge in [0.25, 0.3) is 0 Å². The highest BCUT2D eigenvalue weighted by molar-refractivity contribution is 5.74. The number of unbranched alkanes of at least 4 members (excludes halogenated alkanes) is 2. The first-order valence-electron chi connectivity index (χ1n) is 6.12. The predicted molar refractivity (Wildman–Crippen MR) is 67.7 cm³/mol. The fourth-order valence-electron chi connectivity index (χ4n) is 1.42. The summed E-state index contributed by atoms with van der Waals surface area (Å²) in [4.78, 5) is 10.4. The van der Waals surface area contributed by atoms with Gasteiger partial charge in [0.05, 0.1) is 6.61 Å². The number of hydrogen-bond donors (Lipinski definition) is 0. The van der Waals surface area contributed by atoms with Crippen LogP contribution >= 0.6 is 0 Å². The number of aldehydes is 1. The predicted octanol–water partition coefficient (Wildman–Crippen LogP) is 3.08. The molecule has 0 atom stereocenters. The summed E-state index contributed by atoms with van der Waals surface area (Å²) in [6, 6.07) is 7.07. The highest BCUT2D eigenvalue weighted by Crippen LogP contribution is 2.10. The second-order valence-electron chi connectivity index (χ2n) is 3.85. The summed E-state index contributed by atoms with van der Waals surface area (Å²) in [7, 11) is 0. The van der Waals surface area contributed by atoms with E-state index in [0.717, 1.165) is 25.1 Å². The van der Waals surface area contributed by atoms with Crippen molar-refractivity contribution in [1.29, 1.82) is 0 Å². The first-order valence-corrected chi connectivity index (χ1v) is 6.12. The number of ether oxygens (including phenoxy) is 2. The molecule has 0 fully saturated rings. The van der Waals surface area contributed by atoms with Crippen molar-refractivity contribution in [3.8, 4) is 5.75 Å². The van der Waals surface area contributed by atoms with Crippen molar-refractivity contribution in [3.05, 3.63) is 29.8 Å². The van der Waals surface area contributed by atoms with Gasteiger partial charge in [-0.25, -0.2) is 0 Å². The molecule has 1 rings (SSSR count). The number of carbonyl (C=O) groups excluding carboxylic acids is 1. The molecule has 0 heterocycles. The zero-order valence-electron chi connectivity index (χ0n) is 10.4. The van der Waals surface area contributed by atoms with E-state index in [1.807, 2.05) is 0 Å². The van der Waals surface area contributed by atoms with E-state index in [1.165, 1.54) is 12.8 Å². The maximum Gasteiger partial charge on any atom is 0.150 e. The minimum atomic E-state index is 0.548. The molecule has 0 amide bonds. The Morgan fingerprint density at radius 3 is 2.47 bits per heavy atom. The molecule has 0 aliphatic rings. The van der Waals surface area contributed by atoms with E-state index in [1.54, 1.807) is 24.3 Å². The van der Waals surface area contributed by atoms with Crippen LogP contribution < -0.4 is 4.74 Å². The van der Waals surface area contributed by atoms with E-state index in [2.05, 4.69) is 6.92 Å². The molecule has 17 heavy (non-hydrogen) atoms. The van der Waals surface area contributed by atoms with Crippen LogP contribution in [-0.4, -0.2) is 26.1 Å². The standard InChI is InChI=1S/C14H20O3/c1-2-3-4-9-16-10-11-17-14-7-5-13(12-15)6-8-14/h5-8,12H,2-4,9-11H2,1H3. The Morgan fingerprint density at radius 1 is 1.06 bits per heavy atom. The molecule has 0 N–H and O–H groups in total. The zero-order valence-corrected chi connectivity index (χ0v) is 10.4. The maximum atomic E-state index is 10.4. The third-order valence-electron chi connectivity index (χ3n) is 2.40. The van der Waals surface area contributed by atoms with Crippen LogP contribution in [0, 0.1) is 0 Å². The van der Waals surface area contributed by atoms with Crippen LogP contribution in [0.4, 0.5) is 0 Å². The summed E-state index contributed by atoms with van der Waals surface area (Å²) in [6.45, 7) is 4.14. The van der Waals surface area contributed by atoms with Crippen molar-refractivity contribution in [3.63, 3.8) is 0 Å². The van der Waals surface area contributed by atoms with Crippen LogP contribution in [0.25, 0.3) is 0 Å². The number of rotatable bonds is 9. The van der Waals surface area contributed by atoms with Crippen molar-refractivity contribution >= 4 is 6.29 Å². The molecule has 0 bridgehead atoms. The summed E-state index contributed by atoms with van der Waals surface area (Å²) in [5, 5.41) is 0. The number of benzene rings is 1. The first kappa shape index (κ1) is 13.7. The van der Waals surface area contributed by atoms with Crippen LogP contribution in [0.1, 0.15) is 36.5 Å². The molecule has 1 aromatic rings. The largest absolute Gasteiger partial charge is 0.491 e. The van der Waals surface area contributed by atoms with Crippen molar-refractivity contribution in [2.24, 2.45) is 0 Å². The van der Waals surface area contributed by atoms with E-state index in [-0.39, 0.29) is 0 Å². The van der Waals surface area contributed by atoms with Gasteiger partial charge in [-0.3, -0.25) is 4.79 Å². The fraction of sp³-hybridized carbons (Fsp3) is 0.500. The number of carbonyl (C=O) groups is 1. The molecule has 0 unspecified atom stereocenters. The second kappa shape index (κ2) is 8.76. The van der Waals surface area contributed by atoms with Gasteiger partial charge >= 0.3 is 0 Å². The minimum absolute atomic E-state index is 0.548. The van der Waals surface area contributed by atoms with E-state index < -0.39 is 0 Å². The molecule has 1 aromatic carbocycles. The minimum Gasteiger partial charge on any atom is -0.491 e. The molecule has 0 saturated carbocycles. The van der Waals surface area contributed by atoms with Crippen LogP contribution in [0.2, 0.25) is 0 Å². The quantitative estimate of drug-likeness (QED) is 0.488. The lowest BCUT2D eigenvalue weighted by Crippen LogP contribution is -2.07. The smallest absolute Gasteiger partial charge is 0.150 e. The van der Waals surface area contributed by atoms with Crippen LogP contribution in [0.5, 0.6) is 5.75 Å². The second-order valence-corrected chi connectivity index (χ2v) is 3.85.